The average molecular weight is 383 g/mol. The summed E-state index contributed by atoms with van der Waals surface area (Å²) >= 11 is 11.9. The molecule has 2 aromatic carbocycles. The molecule has 0 spiro atoms. The van der Waals surface area contributed by atoms with Crippen LogP contribution in [0, 0.1) is 11.3 Å². The first kappa shape index (κ1) is 17.8. The second kappa shape index (κ2) is 7.92. The number of hydrogen-bond acceptors (Lipinski definition) is 3. The Morgan fingerprint density at radius 1 is 1.04 bits per heavy atom. The molecule has 0 aliphatic carbocycles. The lowest BCUT2D eigenvalue weighted by Crippen LogP contribution is -2.13. The van der Waals surface area contributed by atoms with Crippen molar-refractivity contribution in [3.8, 4) is 17.4 Å². The van der Waals surface area contributed by atoms with E-state index in [2.05, 4.69) is 5.32 Å². The standard InChI is InChI=1S/C20H12Cl2N2O2/c21-17-8-6-13(11-18(17)22)19-9-7-16(26-19)10-14(12-23)20(25)24-15-4-2-1-3-5-15/h1-11H,(H,24,25)/b14-10+. The van der Waals surface area contributed by atoms with Gasteiger partial charge in [-0.25, -0.2) is 0 Å². The molecule has 1 aromatic heterocycles. The Hall–Kier alpha value is -3.00. The molecular formula is C20H12Cl2N2O2. The highest BCUT2D eigenvalue weighted by Crippen LogP contribution is 2.30. The minimum atomic E-state index is -0.508. The second-order valence-electron chi connectivity index (χ2n) is 5.32. The molecule has 0 saturated carbocycles. The quantitative estimate of drug-likeness (QED) is 0.457. The van der Waals surface area contributed by atoms with Gasteiger partial charge >= 0.3 is 0 Å². The summed E-state index contributed by atoms with van der Waals surface area (Å²) in [5.41, 5.74) is 1.28. The van der Waals surface area contributed by atoms with E-state index in [1.165, 1.54) is 6.08 Å². The van der Waals surface area contributed by atoms with Crippen LogP contribution in [0.4, 0.5) is 5.69 Å². The van der Waals surface area contributed by atoms with E-state index in [1.807, 2.05) is 12.1 Å². The number of halogens is 2. The third-order valence-corrected chi connectivity index (χ3v) is 4.25. The van der Waals surface area contributed by atoms with Gasteiger partial charge in [0.15, 0.2) is 0 Å². The number of rotatable bonds is 4. The predicted molar refractivity (Wildman–Crippen MR) is 103 cm³/mol. The van der Waals surface area contributed by atoms with Gasteiger partial charge in [0.2, 0.25) is 0 Å². The monoisotopic (exact) mass is 382 g/mol. The molecule has 3 aromatic rings. The van der Waals surface area contributed by atoms with Crippen molar-refractivity contribution in [2.24, 2.45) is 0 Å². The smallest absolute Gasteiger partial charge is 0.266 e. The first-order valence-corrected chi connectivity index (χ1v) is 8.36. The van der Waals surface area contributed by atoms with E-state index in [1.54, 1.807) is 54.6 Å². The van der Waals surface area contributed by atoms with Crippen LogP contribution in [0.15, 0.2) is 70.7 Å². The number of carbonyl (C=O) groups is 1. The lowest BCUT2D eigenvalue weighted by molar-refractivity contribution is -0.112. The Balaban J connectivity index is 1.82. The average Bonchev–Trinajstić information content (AvgIpc) is 3.11. The molecule has 0 fully saturated rings. The van der Waals surface area contributed by atoms with Gasteiger partial charge in [0, 0.05) is 17.3 Å². The van der Waals surface area contributed by atoms with Crippen molar-refractivity contribution in [1.82, 2.24) is 0 Å². The number of furan rings is 1. The number of benzene rings is 2. The van der Waals surface area contributed by atoms with Gasteiger partial charge in [-0.05, 0) is 42.5 Å². The zero-order valence-electron chi connectivity index (χ0n) is 13.4. The zero-order chi connectivity index (χ0) is 18.5. The van der Waals surface area contributed by atoms with E-state index >= 15 is 0 Å². The SMILES string of the molecule is N#C/C(=C\c1ccc(-c2ccc(Cl)c(Cl)c2)o1)C(=O)Nc1ccccc1. The van der Waals surface area contributed by atoms with E-state index in [9.17, 15) is 10.1 Å². The van der Waals surface area contributed by atoms with Crippen LogP contribution in [0.3, 0.4) is 0 Å². The molecule has 3 rings (SSSR count). The summed E-state index contributed by atoms with van der Waals surface area (Å²) in [7, 11) is 0. The molecule has 0 radical (unpaired) electrons. The fraction of sp³-hybridized carbons (Fsp3) is 0. The maximum atomic E-state index is 12.2. The Morgan fingerprint density at radius 3 is 2.50 bits per heavy atom. The molecule has 0 aliphatic heterocycles. The van der Waals surface area contributed by atoms with Crippen molar-refractivity contribution in [2.75, 3.05) is 5.32 Å². The maximum absolute atomic E-state index is 12.2. The minimum Gasteiger partial charge on any atom is -0.457 e. The fourth-order valence-corrected chi connectivity index (χ4v) is 2.54. The Bertz CT molecular complexity index is 1020. The lowest BCUT2D eigenvalue weighted by atomic mass is 10.2. The molecule has 0 unspecified atom stereocenters. The first-order valence-electron chi connectivity index (χ1n) is 7.60. The number of hydrogen-bond donors (Lipinski definition) is 1. The van der Waals surface area contributed by atoms with E-state index in [0.717, 1.165) is 5.56 Å². The first-order chi connectivity index (χ1) is 12.6. The maximum Gasteiger partial charge on any atom is 0.266 e. The summed E-state index contributed by atoms with van der Waals surface area (Å²) in [6, 6.07) is 19.3. The highest BCUT2D eigenvalue weighted by molar-refractivity contribution is 6.42. The van der Waals surface area contributed by atoms with Crippen molar-refractivity contribution < 1.29 is 9.21 Å². The van der Waals surface area contributed by atoms with Crippen LogP contribution < -0.4 is 5.32 Å². The van der Waals surface area contributed by atoms with Gasteiger partial charge in [0.25, 0.3) is 5.91 Å². The Kier molecular flexibility index (Phi) is 5.43. The molecule has 0 aliphatic rings. The third kappa shape index (κ3) is 4.15. The van der Waals surface area contributed by atoms with Gasteiger partial charge < -0.3 is 9.73 Å². The largest absolute Gasteiger partial charge is 0.457 e. The van der Waals surface area contributed by atoms with Crippen LogP contribution in [0.1, 0.15) is 5.76 Å². The fourth-order valence-electron chi connectivity index (χ4n) is 2.25. The second-order valence-corrected chi connectivity index (χ2v) is 6.14. The summed E-state index contributed by atoms with van der Waals surface area (Å²) in [5, 5.41) is 12.8. The summed E-state index contributed by atoms with van der Waals surface area (Å²) in [6.45, 7) is 0. The molecule has 26 heavy (non-hydrogen) atoms. The van der Waals surface area contributed by atoms with E-state index < -0.39 is 5.91 Å². The van der Waals surface area contributed by atoms with Crippen LogP contribution in [-0.4, -0.2) is 5.91 Å². The van der Waals surface area contributed by atoms with E-state index in [0.29, 0.717) is 27.3 Å². The number of carbonyl (C=O) groups excluding carboxylic acids is 1. The van der Waals surface area contributed by atoms with Crippen molar-refractivity contribution >= 4 is 40.9 Å². The predicted octanol–water partition coefficient (Wildman–Crippen LogP) is 5.80. The van der Waals surface area contributed by atoms with Gasteiger partial charge in [0.05, 0.1) is 10.0 Å². The van der Waals surface area contributed by atoms with Gasteiger partial charge in [-0.1, -0.05) is 41.4 Å². The topological polar surface area (TPSA) is 66.0 Å². The Morgan fingerprint density at radius 2 is 1.81 bits per heavy atom. The molecule has 128 valence electrons. The summed E-state index contributed by atoms with van der Waals surface area (Å²) in [4.78, 5) is 12.2. The number of para-hydroxylation sites is 1. The van der Waals surface area contributed by atoms with Gasteiger partial charge in [-0.3, -0.25) is 4.79 Å². The molecular weight excluding hydrogens is 371 g/mol. The number of anilines is 1. The molecule has 1 N–H and O–H groups in total. The molecule has 6 heteroatoms. The van der Waals surface area contributed by atoms with Crippen LogP contribution in [0.25, 0.3) is 17.4 Å². The number of nitrogens with one attached hydrogen (secondary N) is 1. The van der Waals surface area contributed by atoms with Crippen molar-refractivity contribution in [1.29, 1.82) is 5.26 Å². The van der Waals surface area contributed by atoms with Crippen LogP contribution in [0.5, 0.6) is 0 Å². The van der Waals surface area contributed by atoms with Crippen LogP contribution in [-0.2, 0) is 4.79 Å². The summed E-state index contributed by atoms with van der Waals surface area (Å²) in [6.07, 6.45) is 1.39. The van der Waals surface area contributed by atoms with Crippen molar-refractivity contribution in [3.63, 3.8) is 0 Å². The highest BCUT2D eigenvalue weighted by Gasteiger charge is 2.12. The normalized spacial score (nSPS) is 11.0. The number of nitriles is 1. The Labute approximate surface area is 160 Å². The lowest BCUT2D eigenvalue weighted by Gasteiger charge is -2.03. The molecule has 0 saturated heterocycles. The van der Waals surface area contributed by atoms with E-state index in [-0.39, 0.29) is 5.57 Å². The third-order valence-electron chi connectivity index (χ3n) is 3.51. The van der Waals surface area contributed by atoms with Crippen LogP contribution in [0.2, 0.25) is 10.0 Å². The summed E-state index contributed by atoms with van der Waals surface area (Å²) in [5.74, 6) is 0.424. The number of amides is 1. The van der Waals surface area contributed by atoms with Crippen LogP contribution >= 0.6 is 23.2 Å². The zero-order valence-corrected chi connectivity index (χ0v) is 14.9. The van der Waals surface area contributed by atoms with Crippen molar-refractivity contribution in [2.45, 2.75) is 0 Å². The van der Waals surface area contributed by atoms with Gasteiger partial charge in [-0.2, -0.15) is 5.26 Å². The highest BCUT2D eigenvalue weighted by atomic mass is 35.5. The molecule has 0 atom stereocenters. The summed E-state index contributed by atoms with van der Waals surface area (Å²) < 4.78 is 5.69. The molecule has 1 heterocycles. The number of nitrogens with zero attached hydrogens (tertiary/aromatic N) is 1. The van der Waals surface area contributed by atoms with Gasteiger partial charge in [-0.15, -0.1) is 0 Å². The minimum absolute atomic E-state index is 0.0658. The molecule has 1 amide bonds. The van der Waals surface area contributed by atoms with E-state index in [4.69, 9.17) is 27.6 Å². The molecule has 0 bridgehead atoms. The van der Waals surface area contributed by atoms with Gasteiger partial charge in [0.1, 0.15) is 23.2 Å². The molecule has 4 nitrogen and oxygen atoms in total. The van der Waals surface area contributed by atoms with Crippen molar-refractivity contribution in [3.05, 3.63) is 82.0 Å².